The van der Waals surface area contributed by atoms with E-state index in [1.165, 1.54) is 0 Å². The fraction of sp³-hybridized carbons (Fsp3) is 0.364. The Morgan fingerprint density at radius 2 is 2.11 bits per heavy atom. The van der Waals surface area contributed by atoms with Crippen molar-refractivity contribution in [3.05, 3.63) is 29.6 Å². The molecule has 104 valence electrons. The first-order valence-electron chi connectivity index (χ1n) is 5.08. The molecule has 1 N–H and O–H groups in total. The van der Waals surface area contributed by atoms with E-state index in [-0.39, 0.29) is 11.3 Å². The van der Waals surface area contributed by atoms with E-state index in [1.54, 1.807) is 0 Å². The Balaban J connectivity index is 2.52. The van der Waals surface area contributed by atoms with E-state index in [4.69, 9.17) is 9.84 Å². The van der Waals surface area contributed by atoms with Crippen molar-refractivity contribution >= 4 is 21.9 Å². The van der Waals surface area contributed by atoms with Crippen molar-refractivity contribution in [2.75, 3.05) is 0 Å². The molecule has 0 spiro atoms. The van der Waals surface area contributed by atoms with Crippen molar-refractivity contribution < 1.29 is 32.2 Å². The van der Waals surface area contributed by atoms with E-state index in [0.29, 0.717) is 0 Å². The molecule has 0 radical (unpaired) electrons. The first-order chi connectivity index (χ1) is 8.64. The average molecular weight is 343 g/mol. The zero-order valence-corrected chi connectivity index (χ0v) is 10.8. The van der Waals surface area contributed by atoms with Crippen molar-refractivity contribution in [2.24, 2.45) is 0 Å². The van der Waals surface area contributed by atoms with Crippen LogP contribution in [0.15, 0.2) is 18.2 Å². The molecule has 1 aromatic rings. The molecule has 8 heteroatoms. The molecule has 0 aromatic heterocycles. The van der Waals surface area contributed by atoms with Crippen LogP contribution in [-0.4, -0.2) is 27.7 Å². The topological polar surface area (TPSA) is 46.5 Å². The van der Waals surface area contributed by atoms with Gasteiger partial charge in [-0.25, -0.2) is 4.39 Å². The molecule has 0 fully saturated rings. The Kier molecular flexibility index (Phi) is 3.24. The van der Waals surface area contributed by atoms with Crippen molar-refractivity contribution in [1.29, 1.82) is 0 Å². The van der Waals surface area contributed by atoms with Gasteiger partial charge in [-0.1, -0.05) is 15.9 Å². The van der Waals surface area contributed by atoms with Gasteiger partial charge in [-0.2, -0.15) is 13.2 Å². The van der Waals surface area contributed by atoms with Crippen LogP contribution in [0.2, 0.25) is 0 Å². The summed E-state index contributed by atoms with van der Waals surface area (Å²) in [7, 11) is 0. The molecular weight excluding hydrogens is 336 g/mol. The number of ether oxygens (including phenoxy) is 1. The molecule has 0 aliphatic carbocycles. The Morgan fingerprint density at radius 3 is 2.63 bits per heavy atom. The normalized spacial score (nSPS) is 26.5. The molecule has 2 rings (SSSR count). The van der Waals surface area contributed by atoms with Crippen molar-refractivity contribution in [2.45, 2.75) is 23.0 Å². The van der Waals surface area contributed by atoms with Crippen molar-refractivity contribution in [3.8, 4) is 5.75 Å². The quantitative estimate of drug-likeness (QED) is 0.630. The van der Waals surface area contributed by atoms with Crippen LogP contribution in [0.1, 0.15) is 5.56 Å². The molecule has 2 atom stereocenters. The summed E-state index contributed by atoms with van der Waals surface area (Å²) in [5, 5.41) is 9.01. The first kappa shape index (κ1) is 14.1. The second-order valence-electron chi connectivity index (χ2n) is 4.14. The summed E-state index contributed by atoms with van der Waals surface area (Å²) in [6.45, 7) is 0. The number of carbonyl (C=O) groups is 1. The second kappa shape index (κ2) is 4.36. The summed E-state index contributed by atoms with van der Waals surface area (Å²) >= 11 is 2.59. The van der Waals surface area contributed by atoms with E-state index >= 15 is 0 Å². The number of benzene rings is 1. The number of hydrogen-bond donors (Lipinski definition) is 1. The zero-order chi connectivity index (χ0) is 14.4. The molecule has 2 unspecified atom stereocenters. The molecule has 0 saturated carbocycles. The number of carboxylic acids is 1. The minimum atomic E-state index is -4.87. The van der Waals surface area contributed by atoms with Gasteiger partial charge in [0.05, 0.1) is 0 Å². The van der Waals surface area contributed by atoms with Crippen LogP contribution in [0.4, 0.5) is 17.6 Å². The molecule has 0 bridgehead atoms. The van der Waals surface area contributed by atoms with Gasteiger partial charge in [0.2, 0.25) is 6.10 Å². The number of aliphatic carboxylic acids is 1. The summed E-state index contributed by atoms with van der Waals surface area (Å²) in [6.07, 6.45) is -7.94. The zero-order valence-electron chi connectivity index (χ0n) is 9.17. The van der Waals surface area contributed by atoms with Crippen LogP contribution in [0.3, 0.4) is 0 Å². The standard InChI is InChI=1S/C11H7BrF4O3/c12-10(9(17)18)4-5-3-6(13)1-2-7(5)19-8(10)11(14,15)16/h1-3,8H,4H2,(H,17,18). The van der Waals surface area contributed by atoms with Gasteiger partial charge < -0.3 is 9.84 Å². The SMILES string of the molecule is O=C(O)C1(Br)Cc2cc(F)ccc2OC1C(F)(F)F. The van der Waals surface area contributed by atoms with E-state index in [9.17, 15) is 22.4 Å². The Hall–Kier alpha value is -1.31. The van der Waals surface area contributed by atoms with Gasteiger partial charge in [0.1, 0.15) is 11.6 Å². The molecule has 0 amide bonds. The minimum absolute atomic E-state index is 0.0692. The predicted molar refractivity (Wildman–Crippen MR) is 59.9 cm³/mol. The lowest BCUT2D eigenvalue weighted by Crippen LogP contribution is -2.58. The van der Waals surface area contributed by atoms with E-state index < -0.39 is 34.8 Å². The summed E-state index contributed by atoms with van der Waals surface area (Å²) < 4.78 is 54.0. The predicted octanol–water partition coefficient (Wildman–Crippen LogP) is 2.91. The molecule has 3 nitrogen and oxygen atoms in total. The largest absolute Gasteiger partial charge is 0.480 e. The number of carboxylic acid groups (broad SMARTS) is 1. The maximum atomic E-state index is 13.0. The summed E-state index contributed by atoms with van der Waals surface area (Å²) in [5.41, 5.74) is 0.0692. The summed E-state index contributed by atoms with van der Waals surface area (Å²) in [6, 6.07) is 2.97. The molecule has 1 aliphatic heterocycles. The summed E-state index contributed by atoms with van der Waals surface area (Å²) in [5.74, 6) is -2.56. The van der Waals surface area contributed by atoms with Gasteiger partial charge >= 0.3 is 12.1 Å². The third kappa shape index (κ3) is 2.41. The van der Waals surface area contributed by atoms with Gasteiger partial charge in [0.15, 0.2) is 4.32 Å². The molecule has 1 aromatic carbocycles. The third-order valence-corrected chi connectivity index (χ3v) is 3.82. The van der Waals surface area contributed by atoms with Gasteiger partial charge in [0, 0.05) is 6.42 Å². The molecular formula is C11H7BrF4O3. The van der Waals surface area contributed by atoms with Gasteiger partial charge in [-0.3, -0.25) is 4.79 Å². The van der Waals surface area contributed by atoms with Gasteiger partial charge in [0.25, 0.3) is 0 Å². The Morgan fingerprint density at radius 1 is 1.47 bits per heavy atom. The molecule has 19 heavy (non-hydrogen) atoms. The lowest BCUT2D eigenvalue weighted by Gasteiger charge is -2.38. The van der Waals surface area contributed by atoms with Gasteiger partial charge in [-0.15, -0.1) is 0 Å². The number of halogens is 5. The van der Waals surface area contributed by atoms with Crippen LogP contribution in [0.25, 0.3) is 0 Å². The molecule has 0 saturated heterocycles. The highest BCUT2D eigenvalue weighted by molar-refractivity contribution is 9.10. The minimum Gasteiger partial charge on any atom is -0.480 e. The van der Waals surface area contributed by atoms with Gasteiger partial charge in [-0.05, 0) is 23.8 Å². The van der Waals surface area contributed by atoms with Crippen LogP contribution < -0.4 is 4.74 Å². The van der Waals surface area contributed by atoms with Crippen LogP contribution in [-0.2, 0) is 11.2 Å². The Labute approximate surface area is 113 Å². The van der Waals surface area contributed by atoms with Crippen LogP contribution in [0.5, 0.6) is 5.75 Å². The maximum absolute atomic E-state index is 13.0. The van der Waals surface area contributed by atoms with E-state index in [2.05, 4.69) is 15.9 Å². The number of alkyl halides is 4. The third-order valence-electron chi connectivity index (χ3n) is 2.78. The van der Waals surface area contributed by atoms with Crippen molar-refractivity contribution in [1.82, 2.24) is 0 Å². The fourth-order valence-electron chi connectivity index (χ4n) is 1.91. The fourth-order valence-corrected chi connectivity index (χ4v) is 2.56. The molecule has 1 aliphatic rings. The first-order valence-corrected chi connectivity index (χ1v) is 5.88. The summed E-state index contributed by atoms with van der Waals surface area (Å²) in [4.78, 5) is 11.1. The van der Waals surface area contributed by atoms with E-state index in [1.807, 2.05) is 0 Å². The van der Waals surface area contributed by atoms with E-state index in [0.717, 1.165) is 18.2 Å². The van der Waals surface area contributed by atoms with Crippen LogP contribution in [0, 0.1) is 5.82 Å². The number of fused-ring (bicyclic) bond motifs is 1. The molecule has 1 heterocycles. The van der Waals surface area contributed by atoms with Crippen molar-refractivity contribution in [3.63, 3.8) is 0 Å². The highest BCUT2D eigenvalue weighted by Gasteiger charge is 2.61. The Bertz CT molecular complexity index is 531. The lowest BCUT2D eigenvalue weighted by molar-refractivity contribution is -0.211. The monoisotopic (exact) mass is 342 g/mol. The highest BCUT2D eigenvalue weighted by Crippen LogP contribution is 2.45. The maximum Gasteiger partial charge on any atom is 0.427 e. The average Bonchev–Trinajstić information content (AvgIpc) is 2.26. The lowest BCUT2D eigenvalue weighted by atomic mass is 9.90. The number of hydrogen-bond acceptors (Lipinski definition) is 2. The second-order valence-corrected chi connectivity index (χ2v) is 5.55. The highest BCUT2D eigenvalue weighted by atomic mass is 79.9. The number of rotatable bonds is 1. The smallest absolute Gasteiger partial charge is 0.427 e. The van der Waals surface area contributed by atoms with Crippen LogP contribution >= 0.6 is 15.9 Å².